The Bertz CT molecular complexity index is 1060. The first-order valence-corrected chi connectivity index (χ1v) is 10.1. The molecule has 0 amide bonds. The highest BCUT2D eigenvalue weighted by molar-refractivity contribution is 6.31. The van der Waals surface area contributed by atoms with Gasteiger partial charge in [-0.25, -0.2) is 4.79 Å². The van der Waals surface area contributed by atoms with E-state index < -0.39 is 0 Å². The van der Waals surface area contributed by atoms with E-state index in [4.69, 9.17) is 21.1 Å². The number of nitrogens with zero attached hydrogens (tertiary/aromatic N) is 2. The molecule has 6 nitrogen and oxygen atoms in total. The standard InChI is InChI=1S/C21H22ClN3O3.ClH/c22-14-5-6-18-17(11-14)23-21(26)25(18)15-7-9-24(10-8-15)12-16-13-27-19-3-1-2-4-20(19)28-16;/h1-6,11,15-16H,7-10,12-13H2,(H,23,26);1H. The van der Waals surface area contributed by atoms with Crippen molar-refractivity contribution in [3.63, 3.8) is 0 Å². The summed E-state index contributed by atoms with van der Waals surface area (Å²) in [5.41, 5.74) is 1.66. The molecule has 3 aromatic rings. The van der Waals surface area contributed by atoms with Gasteiger partial charge in [-0.2, -0.15) is 0 Å². The van der Waals surface area contributed by atoms with Crippen molar-refractivity contribution in [2.24, 2.45) is 0 Å². The van der Waals surface area contributed by atoms with E-state index in [2.05, 4.69) is 9.88 Å². The number of ether oxygens (including phenoxy) is 2. The maximum Gasteiger partial charge on any atom is 0.326 e. The third kappa shape index (κ3) is 3.97. The number of aromatic amines is 1. The van der Waals surface area contributed by atoms with Crippen LogP contribution in [0.25, 0.3) is 11.0 Å². The first-order valence-electron chi connectivity index (χ1n) is 9.68. The van der Waals surface area contributed by atoms with E-state index in [1.54, 1.807) is 0 Å². The topological polar surface area (TPSA) is 59.5 Å². The third-order valence-corrected chi connectivity index (χ3v) is 5.87. The molecule has 29 heavy (non-hydrogen) atoms. The summed E-state index contributed by atoms with van der Waals surface area (Å²) in [6.07, 6.45) is 1.89. The van der Waals surface area contributed by atoms with Gasteiger partial charge in [0.15, 0.2) is 11.5 Å². The second-order valence-electron chi connectivity index (χ2n) is 7.49. The summed E-state index contributed by atoms with van der Waals surface area (Å²) in [6.45, 7) is 3.26. The van der Waals surface area contributed by atoms with Gasteiger partial charge in [0.25, 0.3) is 0 Å². The predicted molar refractivity (Wildman–Crippen MR) is 116 cm³/mol. The quantitative estimate of drug-likeness (QED) is 0.677. The number of piperidine rings is 1. The molecule has 0 aliphatic carbocycles. The van der Waals surface area contributed by atoms with Gasteiger partial charge in [0.05, 0.1) is 11.0 Å². The molecular weight excluding hydrogens is 413 g/mol. The molecule has 3 heterocycles. The van der Waals surface area contributed by atoms with Crippen LogP contribution in [0, 0.1) is 0 Å². The van der Waals surface area contributed by atoms with E-state index in [1.807, 2.05) is 47.0 Å². The molecule has 0 bridgehead atoms. The summed E-state index contributed by atoms with van der Waals surface area (Å²) in [5, 5.41) is 0.631. The fourth-order valence-electron chi connectivity index (χ4n) is 4.27. The zero-order valence-corrected chi connectivity index (χ0v) is 17.4. The fraction of sp³-hybridized carbons (Fsp3) is 0.381. The Morgan fingerprint density at radius 1 is 1.10 bits per heavy atom. The molecule has 1 fully saturated rings. The van der Waals surface area contributed by atoms with Crippen LogP contribution >= 0.6 is 24.0 Å². The van der Waals surface area contributed by atoms with Gasteiger partial charge in [-0.1, -0.05) is 23.7 Å². The molecule has 1 unspecified atom stereocenters. The number of benzene rings is 2. The third-order valence-electron chi connectivity index (χ3n) is 5.63. The zero-order chi connectivity index (χ0) is 19.1. The number of hydrogen-bond donors (Lipinski definition) is 1. The Labute approximate surface area is 179 Å². The Hall–Kier alpha value is -2.15. The van der Waals surface area contributed by atoms with Crippen LogP contribution in [0.2, 0.25) is 5.02 Å². The average molecular weight is 436 g/mol. The van der Waals surface area contributed by atoms with E-state index in [0.29, 0.717) is 11.6 Å². The number of aromatic nitrogens is 2. The van der Waals surface area contributed by atoms with Gasteiger partial charge in [0, 0.05) is 30.7 Å². The second-order valence-corrected chi connectivity index (χ2v) is 7.93. The largest absolute Gasteiger partial charge is 0.486 e. The predicted octanol–water partition coefficient (Wildman–Crippen LogP) is 3.88. The Morgan fingerprint density at radius 2 is 1.86 bits per heavy atom. The molecule has 0 spiro atoms. The number of para-hydroxylation sites is 2. The molecule has 1 saturated heterocycles. The summed E-state index contributed by atoms with van der Waals surface area (Å²) >= 11 is 6.05. The first-order chi connectivity index (χ1) is 13.7. The number of nitrogens with one attached hydrogen (secondary N) is 1. The molecule has 154 valence electrons. The van der Waals surface area contributed by atoms with Crippen LogP contribution in [0.15, 0.2) is 47.3 Å². The van der Waals surface area contributed by atoms with Gasteiger partial charge in [-0.05, 0) is 43.2 Å². The molecule has 1 aromatic heterocycles. The van der Waals surface area contributed by atoms with Crippen molar-refractivity contribution in [3.8, 4) is 11.5 Å². The van der Waals surface area contributed by atoms with Crippen LogP contribution in [0.3, 0.4) is 0 Å². The Kier molecular flexibility index (Phi) is 5.76. The Morgan fingerprint density at radius 3 is 2.66 bits per heavy atom. The van der Waals surface area contributed by atoms with E-state index in [0.717, 1.165) is 55.0 Å². The minimum Gasteiger partial charge on any atom is -0.486 e. The van der Waals surface area contributed by atoms with Gasteiger partial charge < -0.3 is 14.5 Å². The molecule has 5 rings (SSSR count). The number of fused-ring (bicyclic) bond motifs is 2. The second kappa shape index (κ2) is 8.30. The summed E-state index contributed by atoms with van der Waals surface area (Å²) in [5.74, 6) is 1.63. The monoisotopic (exact) mass is 435 g/mol. The van der Waals surface area contributed by atoms with Crippen molar-refractivity contribution < 1.29 is 9.47 Å². The molecule has 2 aliphatic rings. The molecule has 0 radical (unpaired) electrons. The zero-order valence-electron chi connectivity index (χ0n) is 15.8. The van der Waals surface area contributed by atoms with Crippen LogP contribution in [-0.4, -0.2) is 46.8 Å². The number of likely N-dealkylation sites (tertiary alicyclic amines) is 1. The minimum absolute atomic E-state index is 0. The fourth-order valence-corrected chi connectivity index (χ4v) is 4.44. The minimum atomic E-state index is -0.0589. The van der Waals surface area contributed by atoms with Crippen LogP contribution < -0.4 is 15.2 Å². The average Bonchev–Trinajstić information content (AvgIpc) is 3.03. The van der Waals surface area contributed by atoms with Gasteiger partial charge in [-0.15, -0.1) is 12.4 Å². The number of halogens is 2. The van der Waals surface area contributed by atoms with Crippen molar-refractivity contribution in [3.05, 3.63) is 58.0 Å². The molecule has 0 saturated carbocycles. The van der Waals surface area contributed by atoms with Crippen molar-refractivity contribution >= 4 is 35.0 Å². The van der Waals surface area contributed by atoms with Gasteiger partial charge in [0.1, 0.15) is 12.7 Å². The molecule has 8 heteroatoms. The molecule has 1 atom stereocenters. The lowest BCUT2D eigenvalue weighted by Gasteiger charge is -2.36. The lowest BCUT2D eigenvalue weighted by Crippen LogP contribution is -2.45. The van der Waals surface area contributed by atoms with Gasteiger partial charge in [0.2, 0.25) is 0 Å². The van der Waals surface area contributed by atoms with Crippen molar-refractivity contribution in [2.45, 2.75) is 25.0 Å². The normalized spacial score (nSPS) is 19.8. The molecule has 1 N–H and O–H groups in total. The van der Waals surface area contributed by atoms with Crippen LogP contribution in [0.1, 0.15) is 18.9 Å². The lowest BCUT2D eigenvalue weighted by molar-refractivity contribution is 0.0485. The van der Waals surface area contributed by atoms with Crippen molar-refractivity contribution in [2.75, 3.05) is 26.2 Å². The van der Waals surface area contributed by atoms with Crippen molar-refractivity contribution in [1.82, 2.24) is 14.5 Å². The van der Waals surface area contributed by atoms with Crippen LogP contribution in [0.5, 0.6) is 11.5 Å². The summed E-state index contributed by atoms with van der Waals surface area (Å²) in [7, 11) is 0. The molecule has 2 aromatic carbocycles. The van der Waals surface area contributed by atoms with Crippen LogP contribution in [-0.2, 0) is 0 Å². The lowest BCUT2D eigenvalue weighted by atomic mass is 10.0. The molecular formula is C21H23Cl2N3O3. The number of H-pyrrole nitrogens is 1. The van der Waals surface area contributed by atoms with E-state index >= 15 is 0 Å². The van der Waals surface area contributed by atoms with E-state index in [1.165, 1.54) is 0 Å². The highest BCUT2D eigenvalue weighted by Crippen LogP contribution is 2.32. The molecule has 2 aliphatic heterocycles. The summed E-state index contributed by atoms with van der Waals surface area (Å²) in [6, 6.07) is 13.6. The smallest absolute Gasteiger partial charge is 0.326 e. The number of hydrogen-bond acceptors (Lipinski definition) is 4. The summed E-state index contributed by atoms with van der Waals surface area (Å²) < 4.78 is 13.8. The van der Waals surface area contributed by atoms with E-state index in [9.17, 15) is 4.79 Å². The first kappa shape index (κ1) is 20.1. The number of imidazole rings is 1. The van der Waals surface area contributed by atoms with Crippen molar-refractivity contribution in [1.29, 1.82) is 0 Å². The van der Waals surface area contributed by atoms with Gasteiger partial charge in [-0.3, -0.25) is 9.47 Å². The Balaban J connectivity index is 0.00000205. The number of rotatable bonds is 3. The van der Waals surface area contributed by atoms with Gasteiger partial charge >= 0.3 is 5.69 Å². The van der Waals surface area contributed by atoms with Crippen LogP contribution in [0.4, 0.5) is 0 Å². The highest BCUT2D eigenvalue weighted by atomic mass is 35.5. The summed E-state index contributed by atoms with van der Waals surface area (Å²) in [4.78, 5) is 17.8. The maximum atomic E-state index is 12.5. The maximum absolute atomic E-state index is 12.5. The highest BCUT2D eigenvalue weighted by Gasteiger charge is 2.27. The SMILES string of the molecule is Cl.O=c1[nH]c2cc(Cl)ccc2n1C1CCN(CC2COc3ccccc3O2)CC1. The van der Waals surface area contributed by atoms with E-state index in [-0.39, 0.29) is 30.2 Å².